The third-order valence-electron chi connectivity index (χ3n) is 1.51. The van der Waals surface area contributed by atoms with Gasteiger partial charge in [0.15, 0.2) is 0 Å². The number of carbonyl (C=O) groups is 2. The summed E-state index contributed by atoms with van der Waals surface area (Å²) < 4.78 is 0. The Morgan fingerprint density at radius 1 is 1.45 bits per heavy atom. The Kier molecular flexibility index (Phi) is 3.36. The predicted molar refractivity (Wildman–Crippen MR) is 39.0 cm³/mol. The molecule has 0 aromatic carbocycles. The number of nitrogens with two attached hydrogens (primary N) is 1. The second-order valence-corrected chi connectivity index (χ2v) is 2.42. The van der Waals surface area contributed by atoms with Crippen LogP contribution in [-0.4, -0.2) is 23.1 Å². The van der Waals surface area contributed by atoms with E-state index in [-0.39, 0.29) is 0 Å². The van der Waals surface area contributed by atoms with Crippen LogP contribution >= 0.6 is 0 Å². The van der Waals surface area contributed by atoms with E-state index in [1.165, 1.54) is 6.92 Å². The maximum absolute atomic E-state index is 10.3. The van der Waals surface area contributed by atoms with Crippen molar-refractivity contribution in [3.63, 3.8) is 0 Å². The van der Waals surface area contributed by atoms with Crippen molar-refractivity contribution < 1.29 is 14.7 Å². The van der Waals surface area contributed by atoms with Crippen molar-refractivity contribution in [1.82, 2.24) is 5.32 Å². The van der Waals surface area contributed by atoms with Gasteiger partial charge >= 0.3 is 12.0 Å². The number of aliphatic carboxylic acids is 1. The maximum atomic E-state index is 10.3. The third-order valence-corrected chi connectivity index (χ3v) is 1.51. The minimum atomic E-state index is -0.953. The molecule has 2 atom stereocenters. The van der Waals surface area contributed by atoms with Gasteiger partial charge in [-0.05, 0) is 13.8 Å². The fraction of sp³-hybridized carbons (Fsp3) is 0.667. The van der Waals surface area contributed by atoms with Crippen LogP contribution in [-0.2, 0) is 4.79 Å². The number of hydrogen-bond donors (Lipinski definition) is 3. The number of carbonyl (C=O) groups excluding carboxylic acids is 1. The van der Waals surface area contributed by atoms with E-state index in [0.29, 0.717) is 0 Å². The molecule has 2 amide bonds. The van der Waals surface area contributed by atoms with E-state index in [1.807, 2.05) is 0 Å². The number of carboxylic acids is 1. The number of urea groups is 1. The van der Waals surface area contributed by atoms with Gasteiger partial charge in [-0.3, -0.25) is 4.79 Å². The topological polar surface area (TPSA) is 92.4 Å². The van der Waals surface area contributed by atoms with Crippen LogP contribution in [0.15, 0.2) is 0 Å². The van der Waals surface area contributed by atoms with E-state index in [2.05, 4.69) is 5.32 Å². The number of primary amides is 1. The number of rotatable bonds is 3. The van der Waals surface area contributed by atoms with Crippen LogP contribution in [0.1, 0.15) is 13.8 Å². The van der Waals surface area contributed by atoms with Crippen molar-refractivity contribution >= 4 is 12.0 Å². The maximum Gasteiger partial charge on any atom is 0.312 e. The van der Waals surface area contributed by atoms with E-state index >= 15 is 0 Å². The van der Waals surface area contributed by atoms with Crippen LogP contribution in [0.5, 0.6) is 0 Å². The van der Waals surface area contributed by atoms with E-state index in [0.717, 1.165) is 0 Å². The molecule has 0 fully saturated rings. The van der Waals surface area contributed by atoms with Gasteiger partial charge in [0.1, 0.15) is 0 Å². The monoisotopic (exact) mass is 160 g/mol. The summed E-state index contributed by atoms with van der Waals surface area (Å²) in [6.45, 7) is 3.09. The van der Waals surface area contributed by atoms with Gasteiger partial charge in [0.2, 0.25) is 0 Å². The zero-order valence-electron chi connectivity index (χ0n) is 6.50. The van der Waals surface area contributed by atoms with Crippen molar-refractivity contribution in [2.24, 2.45) is 11.7 Å². The molecule has 0 saturated heterocycles. The molecule has 0 rings (SSSR count). The largest absolute Gasteiger partial charge is 0.481 e. The number of hydrogen-bond acceptors (Lipinski definition) is 2. The Bertz CT molecular complexity index is 169. The Morgan fingerprint density at radius 2 is 1.91 bits per heavy atom. The smallest absolute Gasteiger partial charge is 0.312 e. The number of amides is 2. The molecule has 0 aromatic rings. The Morgan fingerprint density at radius 3 is 2.18 bits per heavy atom. The third kappa shape index (κ3) is 3.44. The second kappa shape index (κ2) is 3.80. The van der Waals surface area contributed by atoms with Crippen molar-refractivity contribution in [1.29, 1.82) is 0 Å². The molecular formula is C6H12N2O3. The predicted octanol–water partition coefficient (Wildman–Crippen LogP) is -0.236. The zero-order valence-corrected chi connectivity index (χ0v) is 6.50. The molecule has 0 aliphatic carbocycles. The molecule has 0 heterocycles. The normalized spacial score (nSPS) is 15.1. The lowest BCUT2D eigenvalue weighted by molar-refractivity contribution is -0.141. The molecule has 5 nitrogen and oxygen atoms in total. The van der Waals surface area contributed by atoms with Gasteiger partial charge in [0.25, 0.3) is 0 Å². The van der Waals surface area contributed by atoms with Gasteiger partial charge in [-0.15, -0.1) is 0 Å². The first-order chi connectivity index (χ1) is 4.95. The molecule has 0 radical (unpaired) electrons. The summed E-state index contributed by atoms with van der Waals surface area (Å²) in [5.74, 6) is -1.58. The Hall–Kier alpha value is -1.26. The van der Waals surface area contributed by atoms with E-state index < -0.39 is 24.0 Å². The molecule has 0 aromatic heterocycles. The highest BCUT2D eigenvalue weighted by Crippen LogP contribution is 2.01. The zero-order chi connectivity index (χ0) is 9.02. The van der Waals surface area contributed by atoms with E-state index in [4.69, 9.17) is 10.8 Å². The fourth-order valence-electron chi connectivity index (χ4n) is 0.563. The Balaban J connectivity index is 3.92. The van der Waals surface area contributed by atoms with Crippen molar-refractivity contribution in [2.75, 3.05) is 0 Å². The first-order valence-electron chi connectivity index (χ1n) is 3.24. The van der Waals surface area contributed by atoms with E-state index in [9.17, 15) is 9.59 Å². The summed E-state index contributed by atoms with van der Waals surface area (Å²) in [5, 5.41) is 10.8. The molecule has 0 saturated carbocycles. The van der Waals surface area contributed by atoms with E-state index in [1.54, 1.807) is 6.92 Å². The Labute approximate surface area is 64.6 Å². The summed E-state index contributed by atoms with van der Waals surface area (Å²) >= 11 is 0. The molecule has 0 bridgehead atoms. The van der Waals surface area contributed by atoms with Crippen molar-refractivity contribution in [2.45, 2.75) is 19.9 Å². The minimum absolute atomic E-state index is 0.440. The number of nitrogens with one attached hydrogen (secondary N) is 1. The average Bonchev–Trinajstić information content (AvgIpc) is 1.84. The summed E-state index contributed by atoms with van der Waals surface area (Å²) in [5.41, 5.74) is 4.79. The van der Waals surface area contributed by atoms with Crippen molar-refractivity contribution in [3.05, 3.63) is 0 Å². The SMILES string of the molecule is CC(NC(N)=O)C(C)C(=O)O. The van der Waals surface area contributed by atoms with Crippen LogP contribution in [0.4, 0.5) is 4.79 Å². The van der Waals surface area contributed by atoms with Gasteiger partial charge in [-0.2, -0.15) is 0 Å². The van der Waals surface area contributed by atoms with Crippen LogP contribution in [0.2, 0.25) is 0 Å². The van der Waals surface area contributed by atoms with Gasteiger partial charge in [0, 0.05) is 6.04 Å². The van der Waals surface area contributed by atoms with Crippen LogP contribution in [0.3, 0.4) is 0 Å². The number of carboxylic acid groups (broad SMARTS) is 1. The van der Waals surface area contributed by atoms with Crippen LogP contribution < -0.4 is 11.1 Å². The van der Waals surface area contributed by atoms with Gasteiger partial charge in [0.05, 0.1) is 5.92 Å². The van der Waals surface area contributed by atoms with Crippen LogP contribution in [0.25, 0.3) is 0 Å². The summed E-state index contributed by atoms with van der Waals surface area (Å²) in [7, 11) is 0. The summed E-state index contributed by atoms with van der Waals surface area (Å²) in [6.07, 6.45) is 0. The van der Waals surface area contributed by atoms with Gasteiger partial charge < -0.3 is 16.2 Å². The molecule has 0 spiro atoms. The molecule has 5 heteroatoms. The lowest BCUT2D eigenvalue weighted by atomic mass is 10.1. The average molecular weight is 160 g/mol. The second-order valence-electron chi connectivity index (χ2n) is 2.42. The first kappa shape index (κ1) is 9.74. The molecule has 2 unspecified atom stereocenters. The lowest BCUT2D eigenvalue weighted by Gasteiger charge is -2.15. The van der Waals surface area contributed by atoms with Crippen LogP contribution in [0, 0.1) is 5.92 Å². The lowest BCUT2D eigenvalue weighted by Crippen LogP contribution is -2.42. The standard InChI is InChI=1S/C6H12N2O3/c1-3(5(9)10)4(2)8-6(7)11/h3-4H,1-2H3,(H,9,10)(H3,7,8,11). The molecule has 0 aliphatic rings. The highest BCUT2D eigenvalue weighted by atomic mass is 16.4. The molecule has 0 aliphatic heterocycles. The fourth-order valence-corrected chi connectivity index (χ4v) is 0.563. The molecule has 11 heavy (non-hydrogen) atoms. The minimum Gasteiger partial charge on any atom is -0.481 e. The molecule has 64 valence electrons. The first-order valence-corrected chi connectivity index (χ1v) is 3.24. The highest BCUT2D eigenvalue weighted by Gasteiger charge is 2.19. The van der Waals surface area contributed by atoms with Gasteiger partial charge in [-0.1, -0.05) is 0 Å². The molecular weight excluding hydrogens is 148 g/mol. The highest BCUT2D eigenvalue weighted by molar-refractivity contribution is 5.74. The van der Waals surface area contributed by atoms with Gasteiger partial charge in [-0.25, -0.2) is 4.79 Å². The quantitative estimate of drug-likeness (QED) is 0.532. The summed E-state index contributed by atoms with van der Waals surface area (Å²) in [4.78, 5) is 20.6. The van der Waals surface area contributed by atoms with Crippen molar-refractivity contribution in [3.8, 4) is 0 Å². The molecule has 4 N–H and O–H groups in total. The summed E-state index contributed by atoms with van der Waals surface area (Å²) in [6, 6.07) is -1.14.